The van der Waals surface area contributed by atoms with Crippen LogP contribution in [0.5, 0.6) is 0 Å². The fourth-order valence-corrected chi connectivity index (χ4v) is 3.44. The van der Waals surface area contributed by atoms with Crippen molar-refractivity contribution in [2.45, 2.75) is 32.4 Å². The lowest BCUT2D eigenvalue weighted by Crippen LogP contribution is -2.37. The van der Waals surface area contributed by atoms with Crippen LogP contribution in [0.1, 0.15) is 31.9 Å². The second-order valence-corrected chi connectivity index (χ2v) is 8.24. The van der Waals surface area contributed by atoms with Crippen molar-refractivity contribution in [1.29, 1.82) is 0 Å². The van der Waals surface area contributed by atoms with Gasteiger partial charge in [-0.2, -0.15) is 0 Å². The summed E-state index contributed by atoms with van der Waals surface area (Å²) in [5.41, 5.74) is 3.10. The molecular weight excluding hydrogens is 372 g/mol. The Kier molecular flexibility index (Phi) is 4.63. The van der Waals surface area contributed by atoms with E-state index in [2.05, 4.69) is 9.98 Å². The van der Waals surface area contributed by atoms with Crippen molar-refractivity contribution in [2.24, 2.45) is 15.0 Å². The molecule has 0 spiro atoms. The third kappa shape index (κ3) is 3.50. The molecule has 2 aromatic carbocycles. The van der Waals surface area contributed by atoms with Gasteiger partial charge in [0, 0.05) is 22.4 Å². The summed E-state index contributed by atoms with van der Waals surface area (Å²) < 4.78 is 0. The van der Waals surface area contributed by atoms with Crippen LogP contribution in [0.25, 0.3) is 0 Å². The summed E-state index contributed by atoms with van der Waals surface area (Å²) in [7, 11) is 0. The average Bonchev–Trinajstić information content (AvgIpc) is 2.87. The molecule has 142 valence electrons. The smallest absolute Gasteiger partial charge is 0.262 e. The van der Waals surface area contributed by atoms with Crippen LogP contribution in [0.3, 0.4) is 0 Å². The molecule has 1 atom stereocenters. The van der Waals surface area contributed by atoms with Gasteiger partial charge in [0.15, 0.2) is 6.04 Å². The number of hydrogen-bond acceptors (Lipinski definition) is 4. The molecule has 1 amide bonds. The zero-order valence-electron chi connectivity index (χ0n) is 16.1. The van der Waals surface area contributed by atoms with E-state index < -0.39 is 6.04 Å². The number of nitrogens with zero attached hydrogens (tertiary/aromatic N) is 4. The number of benzene rings is 2. The molecule has 4 rings (SSSR count). The van der Waals surface area contributed by atoms with Gasteiger partial charge in [0.2, 0.25) is 0 Å². The van der Waals surface area contributed by atoms with Gasteiger partial charge in [0.05, 0.1) is 23.5 Å². The maximum atomic E-state index is 13.1. The highest BCUT2D eigenvalue weighted by atomic mass is 35.5. The van der Waals surface area contributed by atoms with E-state index in [1.54, 1.807) is 17.2 Å². The lowest BCUT2D eigenvalue weighted by Gasteiger charge is -2.20. The van der Waals surface area contributed by atoms with Crippen LogP contribution >= 0.6 is 11.6 Å². The molecular formula is C22H21ClN4O. The highest BCUT2D eigenvalue weighted by molar-refractivity contribution is 6.34. The highest BCUT2D eigenvalue weighted by Gasteiger charge is 2.37. The third-order valence-corrected chi connectivity index (χ3v) is 4.74. The molecule has 2 heterocycles. The Morgan fingerprint density at radius 3 is 2.64 bits per heavy atom. The Hall–Kier alpha value is -2.79. The van der Waals surface area contributed by atoms with Gasteiger partial charge in [-0.1, -0.05) is 41.9 Å². The van der Waals surface area contributed by atoms with Crippen molar-refractivity contribution < 1.29 is 4.79 Å². The quantitative estimate of drug-likeness (QED) is 0.707. The summed E-state index contributed by atoms with van der Waals surface area (Å²) in [6.45, 7) is 6.29. The van der Waals surface area contributed by atoms with Gasteiger partial charge >= 0.3 is 0 Å². The Morgan fingerprint density at radius 1 is 1.18 bits per heavy atom. The summed E-state index contributed by atoms with van der Waals surface area (Å²) in [6, 6.07) is 14.8. The number of carbonyl (C=O) groups is 1. The van der Waals surface area contributed by atoms with E-state index in [0.29, 0.717) is 17.4 Å². The molecule has 0 aromatic heterocycles. The molecule has 0 saturated heterocycles. The van der Waals surface area contributed by atoms with Crippen LogP contribution < -0.4 is 4.90 Å². The van der Waals surface area contributed by atoms with Gasteiger partial charge in [-0.25, -0.2) is 0 Å². The number of amidine groups is 1. The van der Waals surface area contributed by atoms with Crippen LogP contribution in [0, 0.1) is 0 Å². The lowest BCUT2D eigenvalue weighted by molar-refractivity contribution is -0.116. The monoisotopic (exact) mass is 392 g/mol. The molecule has 0 N–H and O–H groups in total. The van der Waals surface area contributed by atoms with Crippen LogP contribution in [0.2, 0.25) is 5.02 Å². The topological polar surface area (TPSA) is 57.4 Å². The van der Waals surface area contributed by atoms with Crippen molar-refractivity contribution >= 4 is 41.0 Å². The number of halogens is 1. The highest BCUT2D eigenvalue weighted by Crippen LogP contribution is 2.32. The van der Waals surface area contributed by atoms with Crippen molar-refractivity contribution in [1.82, 2.24) is 0 Å². The minimum atomic E-state index is -0.619. The van der Waals surface area contributed by atoms with Crippen LogP contribution in [0.4, 0.5) is 5.69 Å². The minimum Gasteiger partial charge on any atom is -0.289 e. The number of hydrogen-bond donors (Lipinski definition) is 0. The Bertz CT molecular complexity index is 1020. The fraction of sp³-hybridized carbons (Fsp3) is 0.273. The summed E-state index contributed by atoms with van der Waals surface area (Å²) in [5, 5.41) is 0.597. The Balaban J connectivity index is 1.82. The van der Waals surface area contributed by atoms with E-state index in [1.165, 1.54) is 0 Å². The van der Waals surface area contributed by atoms with Gasteiger partial charge in [-0.05, 0) is 39.0 Å². The van der Waals surface area contributed by atoms with Gasteiger partial charge in [-0.3, -0.25) is 24.7 Å². The van der Waals surface area contributed by atoms with Gasteiger partial charge in [-0.15, -0.1) is 0 Å². The maximum Gasteiger partial charge on any atom is 0.262 e. The molecule has 5 nitrogen and oxygen atoms in total. The number of fused-ring (bicyclic) bond motifs is 3. The van der Waals surface area contributed by atoms with Crippen molar-refractivity contribution in [2.75, 3.05) is 11.4 Å². The van der Waals surface area contributed by atoms with Crippen molar-refractivity contribution in [3.63, 3.8) is 0 Å². The largest absolute Gasteiger partial charge is 0.289 e. The average molecular weight is 393 g/mol. The van der Waals surface area contributed by atoms with Gasteiger partial charge in [0.1, 0.15) is 5.84 Å². The first-order valence-corrected chi connectivity index (χ1v) is 9.57. The molecule has 0 radical (unpaired) electrons. The van der Waals surface area contributed by atoms with Crippen LogP contribution in [0.15, 0.2) is 63.5 Å². The number of amides is 1. The molecule has 2 aliphatic rings. The van der Waals surface area contributed by atoms with E-state index in [9.17, 15) is 4.79 Å². The van der Waals surface area contributed by atoms with Crippen LogP contribution in [-0.2, 0) is 4.79 Å². The third-order valence-electron chi connectivity index (χ3n) is 4.50. The van der Waals surface area contributed by atoms with E-state index >= 15 is 0 Å². The predicted octanol–water partition coefficient (Wildman–Crippen LogP) is 4.17. The number of rotatable bonds is 2. The summed E-state index contributed by atoms with van der Waals surface area (Å²) in [5.74, 6) is 0.515. The second kappa shape index (κ2) is 6.99. The van der Waals surface area contributed by atoms with Gasteiger partial charge < -0.3 is 0 Å². The number of anilines is 1. The van der Waals surface area contributed by atoms with E-state index in [4.69, 9.17) is 16.6 Å². The first-order chi connectivity index (χ1) is 13.3. The minimum absolute atomic E-state index is 0.115. The zero-order chi connectivity index (χ0) is 19.9. The second-order valence-electron chi connectivity index (χ2n) is 7.81. The Labute approximate surface area is 169 Å². The van der Waals surface area contributed by atoms with Crippen LogP contribution in [-0.4, -0.2) is 41.8 Å². The predicted molar refractivity (Wildman–Crippen MR) is 115 cm³/mol. The lowest BCUT2D eigenvalue weighted by atomic mass is 10.00. The van der Waals surface area contributed by atoms with E-state index in [0.717, 1.165) is 22.5 Å². The standard InChI is InChI=1S/C22H21ClN4O/c1-22(2,3)25-12-17-21(28)27-18-10-9-15(23)11-16(18)20(24-13-19(27)26-17)14-7-5-4-6-8-14/h4-12,17H,13H2,1-3H3. The maximum absolute atomic E-state index is 13.1. The SMILES string of the molecule is CC(C)(C)N=CC1N=C2CN=C(c3ccccc3)c3cc(Cl)ccc3N2C1=O. The number of carbonyl (C=O) groups excluding carboxylic acids is 1. The fourth-order valence-electron chi connectivity index (χ4n) is 3.26. The molecule has 0 saturated carbocycles. The molecule has 6 heteroatoms. The van der Waals surface area contributed by atoms with E-state index in [1.807, 2.05) is 63.2 Å². The molecule has 2 aliphatic heterocycles. The first-order valence-electron chi connectivity index (χ1n) is 9.19. The normalized spacial score (nSPS) is 19.2. The first kappa shape index (κ1) is 18.6. The summed E-state index contributed by atoms with van der Waals surface area (Å²) in [6.07, 6.45) is 1.64. The summed E-state index contributed by atoms with van der Waals surface area (Å²) >= 11 is 6.28. The molecule has 0 aliphatic carbocycles. The number of aliphatic imine (C=N–C) groups is 3. The molecule has 1 unspecified atom stereocenters. The molecule has 0 bridgehead atoms. The van der Waals surface area contributed by atoms with Gasteiger partial charge in [0.25, 0.3) is 5.91 Å². The molecule has 0 fully saturated rings. The van der Waals surface area contributed by atoms with Crippen molar-refractivity contribution in [3.8, 4) is 0 Å². The zero-order valence-corrected chi connectivity index (χ0v) is 16.8. The summed E-state index contributed by atoms with van der Waals surface area (Å²) in [4.78, 5) is 28.7. The Morgan fingerprint density at radius 2 is 1.93 bits per heavy atom. The van der Waals surface area contributed by atoms with E-state index in [-0.39, 0.29) is 11.4 Å². The molecule has 2 aromatic rings. The van der Waals surface area contributed by atoms with Crippen molar-refractivity contribution in [3.05, 3.63) is 64.7 Å². The molecule has 28 heavy (non-hydrogen) atoms.